The summed E-state index contributed by atoms with van der Waals surface area (Å²) in [4.78, 5) is 24.2. The van der Waals surface area contributed by atoms with Gasteiger partial charge in [-0.15, -0.1) is 0 Å². The van der Waals surface area contributed by atoms with Crippen molar-refractivity contribution >= 4 is 29.6 Å². The first-order chi connectivity index (χ1) is 15.3. The standard InChI is InChI=1S/C24H23ClN2O5/c1-15-5-7-18(8-6-15)14-27-23(25)22(16(2)26-27)24(29)32-19-11-9-17(13-20(19)30-3)10-12-21(28)31-4/h5-13H,14H2,1-4H3/b12-10+. The largest absolute Gasteiger partial charge is 0.493 e. The van der Waals surface area contributed by atoms with E-state index >= 15 is 0 Å². The van der Waals surface area contributed by atoms with E-state index in [0.717, 1.165) is 11.1 Å². The van der Waals surface area contributed by atoms with E-state index in [2.05, 4.69) is 9.84 Å². The minimum Gasteiger partial charge on any atom is -0.493 e. The van der Waals surface area contributed by atoms with Crippen LogP contribution in [0.3, 0.4) is 0 Å². The molecule has 3 rings (SSSR count). The molecule has 0 amide bonds. The smallest absolute Gasteiger partial charge is 0.348 e. The van der Waals surface area contributed by atoms with E-state index in [1.807, 2.05) is 31.2 Å². The zero-order valence-corrected chi connectivity index (χ0v) is 19.0. The predicted molar refractivity (Wildman–Crippen MR) is 121 cm³/mol. The summed E-state index contributed by atoms with van der Waals surface area (Å²) in [5.74, 6) is -0.577. The molecule has 0 fully saturated rings. The fraction of sp³-hybridized carbons (Fsp3) is 0.208. The minimum absolute atomic E-state index is 0.190. The highest BCUT2D eigenvalue weighted by Crippen LogP contribution is 2.31. The summed E-state index contributed by atoms with van der Waals surface area (Å²) in [6, 6.07) is 12.9. The lowest BCUT2D eigenvalue weighted by Gasteiger charge is -2.10. The highest BCUT2D eigenvalue weighted by Gasteiger charge is 2.23. The molecule has 0 saturated heterocycles. The zero-order valence-electron chi connectivity index (χ0n) is 18.2. The Labute approximate surface area is 191 Å². The van der Waals surface area contributed by atoms with Crippen molar-refractivity contribution in [3.05, 3.63) is 81.6 Å². The zero-order chi connectivity index (χ0) is 23.3. The van der Waals surface area contributed by atoms with Crippen LogP contribution in [0.2, 0.25) is 5.15 Å². The van der Waals surface area contributed by atoms with Crippen molar-refractivity contribution in [3.8, 4) is 11.5 Å². The molecule has 0 unspecified atom stereocenters. The van der Waals surface area contributed by atoms with Gasteiger partial charge in [-0.2, -0.15) is 5.10 Å². The maximum Gasteiger partial charge on any atom is 0.348 e. The molecule has 0 spiro atoms. The SMILES string of the molecule is COC(=O)/C=C/c1ccc(OC(=O)c2c(C)nn(Cc3ccc(C)cc3)c2Cl)c(OC)c1. The first kappa shape index (κ1) is 23.1. The Hall–Kier alpha value is -3.58. The molecule has 0 atom stereocenters. The van der Waals surface area contributed by atoms with E-state index in [1.54, 1.807) is 35.9 Å². The van der Waals surface area contributed by atoms with Crippen LogP contribution in [0.1, 0.15) is 32.7 Å². The van der Waals surface area contributed by atoms with E-state index in [4.69, 9.17) is 21.1 Å². The van der Waals surface area contributed by atoms with E-state index in [0.29, 0.717) is 23.6 Å². The van der Waals surface area contributed by atoms with Crippen LogP contribution in [0, 0.1) is 13.8 Å². The van der Waals surface area contributed by atoms with Gasteiger partial charge < -0.3 is 14.2 Å². The fourth-order valence-electron chi connectivity index (χ4n) is 3.01. The first-order valence-electron chi connectivity index (χ1n) is 9.77. The van der Waals surface area contributed by atoms with Crippen LogP contribution >= 0.6 is 11.6 Å². The van der Waals surface area contributed by atoms with Crippen molar-refractivity contribution in [2.24, 2.45) is 0 Å². The van der Waals surface area contributed by atoms with Crippen molar-refractivity contribution in [1.29, 1.82) is 0 Å². The molecule has 8 heteroatoms. The van der Waals surface area contributed by atoms with Gasteiger partial charge in [0.05, 0.1) is 26.5 Å². The van der Waals surface area contributed by atoms with Crippen LogP contribution < -0.4 is 9.47 Å². The Balaban J connectivity index is 1.81. The molecule has 0 N–H and O–H groups in total. The molecule has 0 aliphatic carbocycles. The van der Waals surface area contributed by atoms with Crippen molar-refractivity contribution in [1.82, 2.24) is 9.78 Å². The number of methoxy groups -OCH3 is 2. The third kappa shape index (κ3) is 5.36. The van der Waals surface area contributed by atoms with Gasteiger partial charge >= 0.3 is 11.9 Å². The lowest BCUT2D eigenvalue weighted by Crippen LogP contribution is -2.11. The van der Waals surface area contributed by atoms with Crippen LogP contribution in [0.25, 0.3) is 6.08 Å². The molecule has 0 saturated carbocycles. The lowest BCUT2D eigenvalue weighted by atomic mass is 10.1. The Morgan fingerprint density at radius 1 is 1.06 bits per heavy atom. The monoisotopic (exact) mass is 454 g/mol. The van der Waals surface area contributed by atoms with Gasteiger partial charge in [0.2, 0.25) is 0 Å². The maximum absolute atomic E-state index is 12.9. The second-order valence-electron chi connectivity index (χ2n) is 7.05. The number of aromatic nitrogens is 2. The number of ether oxygens (including phenoxy) is 3. The summed E-state index contributed by atoms with van der Waals surface area (Å²) in [6.45, 7) is 4.14. The third-order valence-corrected chi connectivity index (χ3v) is 5.11. The Kier molecular flexibility index (Phi) is 7.33. The van der Waals surface area contributed by atoms with Gasteiger partial charge in [-0.05, 0) is 43.2 Å². The average molecular weight is 455 g/mol. The number of benzene rings is 2. The summed E-state index contributed by atoms with van der Waals surface area (Å²) in [5, 5.41) is 4.59. The van der Waals surface area contributed by atoms with Crippen LogP contribution in [0.4, 0.5) is 0 Å². The van der Waals surface area contributed by atoms with Gasteiger partial charge in [0.25, 0.3) is 0 Å². The summed E-state index contributed by atoms with van der Waals surface area (Å²) in [6.07, 6.45) is 2.85. The molecule has 1 heterocycles. The number of hydrogen-bond acceptors (Lipinski definition) is 6. The van der Waals surface area contributed by atoms with E-state index in [1.165, 1.54) is 20.3 Å². The number of halogens is 1. The number of aryl methyl sites for hydroxylation is 2. The van der Waals surface area contributed by atoms with Gasteiger partial charge in [0, 0.05) is 6.08 Å². The third-order valence-electron chi connectivity index (χ3n) is 4.73. The normalized spacial score (nSPS) is 10.9. The molecule has 2 aromatic carbocycles. The van der Waals surface area contributed by atoms with E-state index in [9.17, 15) is 9.59 Å². The van der Waals surface area contributed by atoms with Gasteiger partial charge in [-0.1, -0.05) is 47.5 Å². The molecule has 0 aliphatic heterocycles. The number of nitrogens with zero attached hydrogens (tertiary/aromatic N) is 2. The van der Waals surface area contributed by atoms with Crippen molar-refractivity contribution in [2.45, 2.75) is 20.4 Å². The van der Waals surface area contributed by atoms with Gasteiger partial charge in [0.15, 0.2) is 11.5 Å². The van der Waals surface area contributed by atoms with Crippen LogP contribution in [0.5, 0.6) is 11.5 Å². The Bertz CT molecular complexity index is 1170. The highest BCUT2D eigenvalue weighted by molar-refractivity contribution is 6.32. The molecule has 7 nitrogen and oxygen atoms in total. The van der Waals surface area contributed by atoms with Crippen molar-refractivity contribution in [3.63, 3.8) is 0 Å². The molecule has 0 aliphatic rings. The molecule has 32 heavy (non-hydrogen) atoms. The number of hydrogen-bond donors (Lipinski definition) is 0. The molecule has 166 valence electrons. The molecule has 0 bridgehead atoms. The number of carbonyl (C=O) groups excluding carboxylic acids is 2. The van der Waals surface area contributed by atoms with Gasteiger partial charge in [-0.25, -0.2) is 14.3 Å². The molecule has 0 radical (unpaired) electrons. The first-order valence-corrected chi connectivity index (χ1v) is 10.1. The van der Waals surface area contributed by atoms with Crippen molar-refractivity contribution in [2.75, 3.05) is 14.2 Å². The second-order valence-corrected chi connectivity index (χ2v) is 7.41. The molecular formula is C24H23ClN2O5. The average Bonchev–Trinajstić information content (AvgIpc) is 3.06. The quantitative estimate of drug-likeness (QED) is 0.294. The topological polar surface area (TPSA) is 79.7 Å². The summed E-state index contributed by atoms with van der Waals surface area (Å²) in [7, 11) is 2.75. The van der Waals surface area contributed by atoms with Crippen LogP contribution in [-0.4, -0.2) is 35.9 Å². The summed E-state index contributed by atoms with van der Waals surface area (Å²) >= 11 is 6.47. The Morgan fingerprint density at radius 3 is 2.44 bits per heavy atom. The predicted octanol–water partition coefficient (Wildman–Crippen LogP) is 4.62. The number of rotatable bonds is 7. The van der Waals surface area contributed by atoms with Crippen LogP contribution in [-0.2, 0) is 16.1 Å². The van der Waals surface area contributed by atoms with Gasteiger partial charge in [0.1, 0.15) is 10.7 Å². The second kappa shape index (κ2) is 10.2. The molecule has 1 aromatic heterocycles. The highest BCUT2D eigenvalue weighted by atomic mass is 35.5. The minimum atomic E-state index is -0.640. The van der Waals surface area contributed by atoms with E-state index in [-0.39, 0.29) is 16.5 Å². The van der Waals surface area contributed by atoms with Crippen LogP contribution in [0.15, 0.2) is 48.5 Å². The summed E-state index contributed by atoms with van der Waals surface area (Å²) in [5.41, 5.74) is 3.49. The molecule has 3 aromatic rings. The Morgan fingerprint density at radius 2 is 1.78 bits per heavy atom. The maximum atomic E-state index is 12.9. The lowest BCUT2D eigenvalue weighted by molar-refractivity contribution is -0.134. The summed E-state index contributed by atoms with van der Waals surface area (Å²) < 4.78 is 17.0. The fourth-order valence-corrected chi connectivity index (χ4v) is 3.32. The van der Waals surface area contributed by atoms with Crippen molar-refractivity contribution < 1.29 is 23.8 Å². The molecular weight excluding hydrogens is 432 g/mol. The van der Waals surface area contributed by atoms with Gasteiger partial charge in [-0.3, -0.25) is 0 Å². The van der Waals surface area contributed by atoms with E-state index < -0.39 is 11.9 Å². The number of esters is 2. The number of carbonyl (C=O) groups is 2.